The molecule has 1 heterocycles. The zero-order valence-corrected chi connectivity index (χ0v) is 10.6. The first kappa shape index (κ1) is 12.3. The van der Waals surface area contributed by atoms with Gasteiger partial charge in [0.2, 0.25) is 0 Å². The van der Waals surface area contributed by atoms with Crippen molar-refractivity contribution in [2.75, 3.05) is 20.3 Å². The molecule has 2 heteroatoms. The fourth-order valence-electron chi connectivity index (χ4n) is 2.40. The lowest BCUT2D eigenvalue weighted by atomic mass is 9.86. The Labute approximate surface area is 103 Å². The lowest BCUT2D eigenvalue weighted by Gasteiger charge is -2.36. The molecular formula is C15H20O2. The molecule has 17 heavy (non-hydrogen) atoms. The van der Waals surface area contributed by atoms with Crippen LogP contribution in [-0.4, -0.2) is 20.3 Å². The number of methoxy groups -OCH3 is 1. The number of hydrogen-bond acceptors (Lipinski definition) is 2. The highest BCUT2D eigenvalue weighted by atomic mass is 16.5. The smallest absolute Gasteiger partial charge is 0.0971 e. The van der Waals surface area contributed by atoms with Crippen LogP contribution in [0, 0.1) is 0 Å². The Bertz CT molecular complexity index is 372. The molecule has 0 saturated carbocycles. The van der Waals surface area contributed by atoms with E-state index in [4.69, 9.17) is 9.47 Å². The van der Waals surface area contributed by atoms with Gasteiger partial charge in [-0.25, -0.2) is 0 Å². The zero-order valence-electron chi connectivity index (χ0n) is 10.6. The topological polar surface area (TPSA) is 18.5 Å². The van der Waals surface area contributed by atoms with Gasteiger partial charge in [-0.1, -0.05) is 36.4 Å². The zero-order chi connectivity index (χ0) is 12.1. The molecular weight excluding hydrogens is 212 g/mol. The van der Waals surface area contributed by atoms with Crippen molar-refractivity contribution in [1.82, 2.24) is 0 Å². The molecule has 0 bridgehead atoms. The summed E-state index contributed by atoms with van der Waals surface area (Å²) in [6, 6.07) is 8.63. The van der Waals surface area contributed by atoms with Gasteiger partial charge in [-0.3, -0.25) is 0 Å². The summed E-state index contributed by atoms with van der Waals surface area (Å²) in [5, 5.41) is 0. The normalized spacial score (nSPS) is 19.6. The average Bonchev–Trinajstić information content (AvgIpc) is 2.41. The van der Waals surface area contributed by atoms with E-state index in [2.05, 4.69) is 36.4 Å². The van der Waals surface area contributed by atoms with Crippen LogP contribution in [0.3, 0.4) is 0 Å². The Morgan fingerprint density at radius 2 is 1.82 bits per heavy atom. The second-order valence-corrected chi connectivity index (χ2v) is 4.43. The fraction of sp³-hybridized carbons (Fsp3) is 0.467. The van der Waals surface area contributed by atoms with Crippen LogP contribution in [0.25, 0.3) is 6.08 Å². The molecule has 1 aromatic carbocycles. The Kier molecular flexibility index (Phi) is 3.97. The molecule has 0 spiro atoms. The SMILES string of the molecule is C/C=C/c1ccc(C2(OC)CCOCC2)cc1. The molecule has 0 unspecified atom stereocenters. The van der Waals surface area contributed by atoms with E-state index >= 15 is 0 Å². The van der Waals surface area contributed by atoms with Crippen LogP contribution in [0.2, 0.25) is 0 Å². The molecule has 2 nitrogen and oxygen atoms in total. The van der Waals surface area contributed by atoms with Crippen molar-refractivity contribution in [3.63, 3.8) is 0 Å². The number of hydrogen-bond donors (Lipinski definition) is 0. The summed E-state index contributed by atoms with van der Waals surface area (Å²) in [6.45, 7) is 3.60. The third-order valence-electron chi connectivity index (χ3n) is 3.49. The maximum Gasteiger partial charge on any atom is 0.0971 e. The van der Waals surface area contributed by atoms with Crippen LogP contribution < -0.4 is 0 Å². The Morgan fingerprint density at radius 3 is 2.35 bits per heavy atom. The van der Waals surface area contributed by atoms with E-state index in [1.807, 2.05) is 6.92 Å². The first-order chi connectivity index (χ1) is 8.30. The minimum atomic E-state index is -0.146. The van der Waals surface area contributed by atoms with Crippen LogP contribution in [0.1, 0.15) is 30.9 Å². The molecule has 0 N–H and O–H groups in total. The van der Waals surface area contributed by atoms with Crippen molar-refractivity contribution in [2.24, 2.45) is 0 Å². The van der Waals surface area contributed by atoms with E-state index in [9.17, 15) is 0 Å². The summed E-state index contributed by atoms with van der Waals surface area (Å²) in [5.74, 6) is 0. The lowest BCUT2D eigenvalue weighted by Crippen LogP contribution is -2.35. The van der Waals surface area contributed by atoms with Gasteiger partial charge in [0.15, 0.2) is 0 Å². The highest BCUT2D eigenvalue weighted by Crippen LogP contribution is 2.35. The van der Waals surface area contributed by atoms with Gasteiger partial charge in [0.05, 0.1) is 5.60 Å². The van der Waals surface area contributed by atoms with Crippen LogP contribution in [0.5, 0.6) is 0 Å². The Balaban J connectivity index is 2.24. The van der Waals surface area contributed by atoms with Gasteiger partial charge in [0, 0.05) is 33.2 Å². The van der Waals surface area contributed by atoms with E-state index < -0.39 is 0 Å². The van der Waals surface area contributed by atoms with Gasteiger partial charge >= 0.3 is 0 Å². The summed E-state index contributed by atoms with van der Waals surface area (Å²) in [5.41, 5.74) is 2.35. The standard InChI is InChI=1S/C15H20O2/c1-3-4-13-5-7-14(8-6-13)15(16-2)9-11-17-12-10-15/h3-8H,9-12H2,1-2H3/b4-3+. The molecule has 2 rings (SSSR count). The number of ether oxygens (including phenoxy) is 2. The van der Waals surface area contributed by atoms with Crippen molar-refractivity contribution in [3.05, 3.63) is 41.5 Å². The van der Waals surface area contributed by atoms with Crippen LogP contribution in [-0.2, 0) is 15.1 Å². The maximum absolute atomic E-state index is 5.77. The van der Waals surface area contributed by atoms with Crippen LogP contribution in [0.4, 0.5) is 0 Å². The molecule has 0 amide bonds. The maximum atomic E-state index is 5.77. The first-order valence-electron chi connectivity index (χ1n) is 6.17. The van der Waals surface area contributed by atoms with E-state index in [1.165, 1.54) is 11.1 Å². The van der Waals surface area contributed by atoms with Crippen LogP contribution >= 0.6 is 0 Å². The van der Waals surface area contributed by atoms with Crippen molar-refractivity contribution < 1.29 is 9.47 Å². The molecule has 1 aromatic rings. The Hall–Kier alpha value is -1.12. The van der Waals surface area contributed by atoms with Crippen molar-refractivity contribution in [1.29, 1.82) is 0 Å². The minimum Gasteiger partial charge on any atom is -0.381 e. The van der Waals surface area contributed by atoms with Crippen molar-refractivity contribution >= 4 is 6.08 Å². The molecule has 1 aliphatic heterocycles. The molecule has 0 radical (unpaired) electrons. The third kappa shape index (κ3) is 2.59. The number of allylic oxidation sites excluding steroid dienone is 1. The summed E-state index contributed by atoms with van der Waals surface area (Å²) >= 11 is 0. The third-order valence-corrected chi connectivity index (χ3v) is 3.49. The fourth-order valence-corrected chi connectivity index (χ4v) is 2.40. The average molecular weight is 232 g/mol. The number of benzene rings is 1. The van der Waals surface area contributed by atoms with E-state index in [-0.39, 0.29) is 5.60 Å². The predicted molar refractivity (Wildman–Crippen MR) is 69.9 cm³/mol. The van der Waals surface area contributed by atoms with E-state index in [0.717, 1.165) is 26.1 Å². The largest absolute Gasteiger partial charge is 0.381 e. The molecule has 0 aromatic heterocycles. The van der Waals surface area contributed by atoms with E-state index in [0.29, 0.717) is 0 Å². The Morgan fingerprint density at radius 1 is 1.18 bits per heavy atom. The second kappa shape index (κ2) is 5.48. The molecule has 92 valence electrons. The highest BCUT2D eigenvalue weighted by Gasteiger charge is 2.34. The lowest BCUT2D eigenvalue weighted by molar-refractivity contribution is -0.0947. The molecule has 1 aliphatic rings. The van der Waals surface area contributed by atoms with Gasteiger partial charge < -0.3 is 9.47 Å². The van der Waals surface area contributed by atoms with Crippen molar-refractivity contribution in [3.8, 4) is 0 Å². The van der Waals surface area contributed by atoms with Crippen molar-refractivity contribution in [2.45, 2.75) is 25.4 Å². The highest BCUT2D eigenvalue weighted by molar-refractivity contribution is 5.49. The van der Waals surface area contributed by atoms with Gasteiger partial charge in [-0.15, -0.1) is 0 Å². The second-order valence-electron chi connectivity index (χ2n) is 4.43. The van der Waals surface area contributed by atoms with Gasteiger partial charge in [-0.05, 0) is 18.1 Å². The summed E-state index contributed by atoms with van der Waals surface area (Å²) in [7, 11) is 1.80. The minimum absolute atomic E-state index is 0.146. The quantitative estimate of drug-likeness (QED) is 0.795. The molecule has 0 atom stereocenters. The first-order valence-corrected chi connectivity index (χ1v) is 6.17. The number of rotatable bonds is 3. The van der Waals surface area contributed by atoms with E-state index in [1.54, 1.807) is 7.11 Å². The summed E-state index contributed by atoms with van der Waals surface area (Å²) < 4.78 is 11.2. The summed E-state index contributed by atoms with van der Waals surface area (Å²) in [4.78, 5) is 0. The molecule has 0 aliphatic carbocycles. The van der Waals surface area contributed by atoms with Gasteiger partial charge in [0.1, 0.15) is 0 Å². The van der Waals surface area contributed by atoms with Crippen LogP contribution in [0.15, 0.2) is 30.3 Å². The monoisotopic (exact) mass is 232 g/mol. The predicted octanol–water partition coefficient (Wildman–Crippen LogP) is 3.37. The van der Waals surface area contributed by atoms with Gasteiger partial charge in [-0.2, -0.15) is 0 Å². The molecule has 1 saturated heterocycles. The summed E-state index contributed by atoms with van der Waals surface area (Å²) in [6.07, 6.45) is 6.03. The molecule has 1 fully saturated rings. The van der Waals surface area contributed by atoms with Gasteiger partial charge in [0.25, 0.3) is 0 Å².